The van der Waals surface area contributed by atoms with Gasteiger partial charge in [-0.15, -0.1) is 0 Å². The van der Waals surface area contributed by atoms with Gasteiger partial charge < -0.3 is 46.2 Å². The van der Waals surface area contributed by atoms with E-state index < -0.39 is 53.8 Å². The molecule has 0 saturated carbocycles. The van der Waals surface area contributed by atoms with E-state index in [9.17, 15) is 44.1 Å². The summed E-state index contributed by atoms with van der Waals surface area (Å²) >= 11 is 0. The highest BCUT2D eigenvalue weighted by molar-refractivity contribution is 5.90. The summed E-state index contributed by atoms with van der Waals surface area (Å²) in [6.45, 7) is 0. The number of para-hydroxylation sites is 3. The Bertz CT molecular complexity index is 2440. The minimum Gasteiger partial charge on any atom is -0.480 e. The lowest BCUT2D eigenvalue weighted by Crippen LogP contribution is -2.43. The molecule has 0 spiro atoms. The van der Waals surface area contributed by atoms with Gasteiger partial charge in [0.1, 0.15) is 18.1 Å². The predicted molar refractivity (Wildman–Crippen MR) is 222 cm³/mol. The molecule has 306 valence electrons. The topological polar surface area (TPSA) is 247 Å². The Labute approximate surface area is 342 Å². The van der Waals surface area contributed by atoms with E-state index in [1.807, 2.05) is 72.8 Å². The summed E-state index contributed by atoms with van der Waals surface area (Å²) in [7, 11) is 0. The Morgan fingerprint density at radius 2 is 0.700 bits per heavy atom. The Morgan fingerprint density at radius 1 is 0.433 bits per heavy atom. The van der Waals surface area contributed by atoms with E-state index in [0.29, 0.717) is 33.4 Å². The number of H-pyrrole nitrogens is 3. The molecule has 0 aliphatic heterocycles. The number of benzene rings is 4. The molecule has 15 heteroatoms. The number of nitrogens with one attached hydrogen (secondary N) is 6. The predicted octanol–water partition coefficient (Wildman–Crippen LogP) is 4.19. The van der Waals surface area contributed by atoms with Gasteiger partial charge in [-0.2, -0.15) is 0 Å². The Hall–Kier alpha value is -7.68. The van der Waals surface area contributed by atoms with Gasteiger partial charge in [0.05, 0.1) is 19.3 Å². The molecule has 15 nitrogen and oxygen atoms in total. The van der Waals surface area contributed by atoms with Crippen LogP contribution in [-0.4, -0.2) is 84.0 Å². The summed E-state index contributed by atoms with van der Waals surface area (Å²) in [5, 5.41) is 40.3. The number of carbonyl (C=O) groups excluding carboxylic acids is 3. The van der Waals surface area contributed by atoms with Crippen molar-refractivity contribution >= 4 is 68.3 Å². The van der Waals surface area contributed by atoms with Gasteiger partial charge in [-0.1, -0.05) is 72.8 Å². The van der Waals surface area contributed by atoms with Gasteiger partial charge in [0, 0.05) is 70.6 Å². The number of carbonyl (C=O) groups is 6. The normalized spacial score (nSPS) is 12.8. The molecule has 0 fully saturated rings. The number of amides is 3. The van der Waals surface area contributed by atoms with E-state index in [-0.39, 0.29) is 38.5 Å². The highest BCUT2D eigenvalue weighted by atomic mass is 16.4. The molecule has 7 rings (SSSR count). The van der Waals surface area contributed by atoms with Crippen LogP contribution in [0.2, 0.25) is 0 Å². The van der Waals surface area contributed by atoms with Crippen molar-refractivity contribution in [1.29, 1.82) is 0 Å². The number of rotatable bonds is 18. The van der Waals surface area contributed by atoms with Gasteiger partial charge in [-0.3, -0.25) is 14.4 Å². The molecule has 0 bridgehead atoms. The van der Waals surface area contributed by atoms with Crippen LogP contribution in [0.5, 0.6) is 0 Å². The summed E-state index contributed by atoms with van der Waals surface area (Å²) in [6.07, 6.45) is 4.14. The van der Waals surface area contributed by atoms with Crippen LogP contribution in [0.25, 0.3) is 32.7 Å². The fourth-order valence-corrected chi connectivity index (χ4v) is 7.60. The number of carboxylic acid groups (broad SMARTS) is 3. The summed E-state index contributed by atoms with van der Waals surface area (Å²) in [6, 6.07) is 23.0. The molecule has 3 atom stereocenters. The van der Waals surface area contributed by atoms with Crippen molar-refractivity contribution in [2.24, 2.45) is 0 Å². The van der Waals surface area contributed by atoms with Gasteiger partial charge in [0.25, 0.3) is 0 Å². The van der Waals surface area contributed by atoms with Crippen LogP contribution in [0.15, 0.2) is 110 Å². The molecule has 4 aromatic carbocycles. The van der Waals surface area contributed by atoms with Gasteiger partial charge in [0.2, 0.25) is 17.7 Å². The average Bonchev–Trinajstić information content (AvgIpc) is 3.94. The zero-order valence-electron chi connectivity index (χ0n) is 32.2. The third-order valence-electron chi connectivity index (χ3n) is 10.4. The van der Waals surface area contributed by atoms with Crippen LogP contribution < -0.4 is 16.0 Å². The minimum atomic E-state index is -1.27. The second-order valence-electron chi connectivity index (χ2n) is 14.8. The van der Waals surface area contributed by atoms with Crippen molar-refractivity contribution < 1.29 is 44.1 Å². The highest BCUT2D eigenvalue weighted by Crippen LogP contribution is 2.22. The summed E-state index contributed by atoms with van der Waals surface area (Å²) in [5.74, 6) is -5.61. The van der Waals surface area contributed by atoms with Crippen molar-refractivity contribution in [3.05, 3.63) is 143 Å². The van der Waals surface area contributed by atoms with E-state index in [1.165, 1.54) is 0 Å². The lowest BCUT2D eigenvalue weighted by molar-refractivity contribution is -0.142. The number of aromatic amines is 3. The second-order valence-corrected chi connectivity index (χ2v) is 14.8. The Kier molecular flexibility index (Phi) is 12.1. The number of aromatic nitrogens is 3. The molecule has 0 radical (unpaired) electrons. The SMILES string of the molecule is O=C(Cc1cc(CC(=O)N[C@@H](Cc2c[nH]c3ccccc23)C(=O)O)cc(CC(=O)N[C@@H](Cc2c[nH]c3ccccc23)C(=O)O)c1)N[C@@H](Cc1c[nH]c2ccccc12)C(=O)O. The molecule has 0 saturated heterocycles. The van der Waals surface area contributed by atoms with Crippen LogP contribution in [0, 0.1) is 0 Å². The van der Waals surface area contributed by atoms with Gasteiger partial charge in [-0.25, -0.2) is 14.4 Å². The van der Waals surface area contributed by atoms with Gasteiger partial charge in [-0.05, 0) is 51.6 Å². The van der Waals surface area contributed by atoms with Crippen molar-refractivity contribution in [2.45, 2.75) is 56.7 Å². The molecule has 60 heavy (non-hydrogen) atoms. The van der Waals surface area contributed by atoms with Crippen LogP contribution >= 0.6 is 0 Å². The lowest BCUT2D eigenvalue weighted by Gasteiger charge is -2.17. The first-order valence-corrected chi connectivity index (χ1v) is 19.2. The summed E-state index contributed by atoms with van der Waals surface area (Å²) in [5.41, 5.74) is 5.61. The third kappa shape index (κ3) is 9.70. The molecule has 9 N–H and O–H groups in total. The Morgan fingerprint density at radius 3 is 0.967 bits per heavy atom. The van der Waals surface area contributed by atoms with E-state index in [2.05, 4.69) is 30.9 Å². The highest BCUT2D eigenvalue weighted by Gasteiger charge is 2.26. The van der Waals surface area contributed by atoms with Crippen molar-refractivity contribution in [3.8, 4) is 0 Å². The zero-order chi connectivity index (χ0) is 42.3. The third-order valence-corrected chi connectivity index (χ3v) is 10.4. The van der Waals surface area contributed by atoms with E-state index in [4.69, 9.17) is 0 Å². The Balaban J connectivity index is 1.09. The summed E-state index contributed by atoms with van der Waals surface area (Å²) in [4.78, 5) is 86.5. The van der Waals surface area contributed by atoms with Crippen molar-refractivity contribution in [1.82, 2.24) is 30.9 Å². The molecule has 3 aromatic heterocycles. The molecule has 0 aliphatic rings. The molecule has 0 unspecified atom stereocenters. The van der Waals surface area contributed by atoms with E-state index >= 15 is 0 Å². The number of hydrogen-bond acceptors (Lipinski definition) is 6. The number of hydrogen-bond donors (Lipinski definition) is 9. The fourth-order valence-electron chi connectivity index (χ4n) is 7.60. The second kappa shape index (κ2) is 17.9. The molecular weight excluding hydrogens is 769 g/mol. The first kappa shape index (κ1) is 40.5. The molecule has 0 aliphatic carbocycles. The lowest BCUT2D eigenvalue weighted by atomic mass is 9.98. The van der Waals surface area contributed by atoms with Crippen LogP contribution in [0.1, 0.15) is 33.4 Å². The van der Waals surface area contributed by atoms with Crippen molar-refractivity contribution in [2.75, 3.05) is 0 Å². The number of fused-ring (bicyclic) bond motifs is 3. The maximum Gasteiger partial charge on any atom is 0.326 e. The smallest absolute Gasteiger partial charge is 0.326 e. The van der Waals surface area contributed by atoms with Gasteiger partial charge in [0.15, 0.2) is 0 Å². The molecule has 7 aromatic rings. The number of carboxylic acids is 3. The molecule has 3 heterocycles. The first-order valence-electron chi connectivity index (χ1n) is 19.2. The quantitative estimate of drug-likeness (QED) is 0.0602. The average molecular weight is 811 g/mol. The van der Waals surface area contributed by atoms with E-state index in [1.54, 1.807) is 36.8 Å². The monoisotopic (exact) mass is 810 g/mol. The maximum absolute atomic E-state index is 13.4. The van der Waals surface area contributed by atoms with Crippen LogP contribution in [0.3, 0.4) is 0 Å². The number of aliphatic carboxylic acids is 3. The fraction of sp³-hybridized carbons (Fsp3) is 0.200. The van der Waals surface area contributed by atoms with Gasteiger partial charge >= 0.3 is 17.9 Å². The summed E-state index contributed by atoms with van der Waals surface area (Å²) < 4.78 is 0. The standard InChI is InChI=1S/C45H42N6O9/c52-40(49-37(43(55)56)19-28-22-46-34-10-4-1-7-31(28)34)16-25-13-26(17-41(53)50-38(44(57)58)20-29-23-47-35-11-5-2-8-32(29)35)15-27(14-25)18-42(54)51-39(45(59)60)21-30-24-48-36-12-6-3-9-33(30)36/h1-15,22-24,37-39,46-48H,16-21H2,(H,49,52)(H,50,53)(H,51,54)(H,55,56)(H,57,58)(H,59,60)/t37-,38-,39-/m0/s1. The molecule has 3 amide bonds. The maximum atomic E-state index is 13.4. The van der Waals surface area contributed by atoms with Crippen LogP contribution in [0.4, 0.5) is 0 Å². The zero-order valence-corrected chi connectivity index (χ0v) is 32.2. The first-order chi connectivity index (χ1) is 28.9. The minimum absolute atomic E-state index is 0.00328. The van der Waals surface area contributed by atoms with Crippen molar-refractivity contribution in [3.63, 3.8) is 0 Å². The largest absolute Gasteiger partial charge is 0.480 e. The van der Waals surface area contributed by atoms with Crippen LogP contribution in [-0.2, 0) is 67.3 Å². The van der Waals surface area contributed by atoms with E-state index in [0.717, 1.165) is 32.7 Å². The molecular formula is C45H42N6O9.